The Hall–Kier alpha value is -1.79. The fourth-order valence-electron chi connectivity index (χ4n) is 1.68. The molecule has 6 nitrogen and oxygen atoms in total. The Morgan fingerprint density at radius 2 is 1.89 bits per heavy atom. The van der Waals surface area contributed by atoms with Crippen LogP contribution in [-0.4, -0.2) is 31.6 Å². The molecule has 0 radical (unpaired) electrons. The molecule has 1 aliphatic heterocycles. The topological polar surface area (TPSA) is 96.2 Å². The van der Waals surface area contributed by atoms with Gasteiger partial charge in [-0.2, -0.15) is 0 Å². The van der Waals surface area contributed by atoms with Gasteiger partial charge in [-0.05, 0) is 24.3 Å². The molecule has 0 aromatic heterocycles. The maximum absolute atomic E-state index is 11.8. The van der Waals surface area contributed by atoms with Crippen molar-refractivity contribution in [3.8, 4) is 0 Å². The second-order valence-electron chi connectivity index (χ2n) is 4.30. The van der Waals surface area contributed by atoms with E-state index >= 15 is 0 Å². The zero-order valence-electron chi connectivity index (χ0n) is 10.3. The molecule has 0 bridgehead atoms. The molecule has 5 N–H and O–H groups in total. The summed E-state index contributed by atoms with van der Waals surface area (Å²) in [6.07, 6.45) is 0. The molecule has 7 heteroatoms. The van der Waals surface area contributed by atoms with Crippen LogP contribution in [0.3, 0.4) is 0 Å². The first-order valence-corrected chi connectivity index (χ1v) is 5.80. The summed E-state index contributed by atoms with van der Waals surface area (Å²) in [6, 6.07) is 5.97. The number of carbonyl (C=O) groups is 2. The Morgan fingerprint density at radius 3 is 2.37 bits per heavy atom. The monoisotopic (exact) mass is 284 g/mol. The number of anilines is 1. The number of nitrogens with one attached hydrogen (secondary N) is 3. The fraction of sp³-hybridized carbons (Fsp3) is 0.333. The third-order valence-electron chi connectivity index (χ3n) is 2.83. The SMILES string of the molecule is Cl.NC(=O)Nc1ccc(C(=O)NCC2CNC2)cc1. The third kappa shape index (κ3) is 4.42. The van der Waals surface area contributed by atoms with Crippen molar-refractivity contribution in [3.63, 3.8) is 0 Å². The maximum Gasteiger partial charge on any atom is 0.316 e. The average Bonchev–Trinajstić information content (AvgIpc) is 2.27. The van der Waals surface area contributed by atoms with Crippen molar-refractivity contribution in [2.75, 3.05) is 25.0 Å². The second kappa shape index (κ2) is 6.96. The Kier molecular flexibility index (Phi) is 5.59. The van der Waals surface area contributed by atoms with E-state index in [-0.39, 0.29) is 18.3 Å². The lowest BCUT2D eigenvalue weighted by Crippen LogP contribution is -2.48. The molecule has 0 aliphatic carbocycles. The van der Waals surface area contributed by atoms with Crippen LogP contribution >= 0.6 is 12.4 Å². The first kappa shape index (κ1) is 15.3. The summed E-state index contributed by atoms with van der Waals surface area (Å²) in [4.78, 5) is 22.4. The van der Waals surface area contributed by atoms with Gasteiger partial charge in [0.15, 0.2) is 0 Å². The minimum atomic E-state index is -0.621. The molecule has 1 saturated heterocycles. The molecule has 104 valence electrons. The minimum Gasteiger partial charge on any atom is -0.352 e. The smallest absolute Gasteiger partial charge is 0.316 e. The number of hydrogen-bond acceptors (Lipinski definition) is 3. The normalized spacial score (nSPS) is 13.9. The van der Waals surface area contributed by atoms with Crippen LogP contribution in [0.1, 0.15) is 10.4 Å². The summed E-state index contributed by atoms with van der Waals surface area (Å²) in [5, 5.41) is 8.46. The number of halogens is 1. The number of amides is 3. The predicted molar refractivity (Wildman–Crippen MR) is 75.6 cm³/mol. The summed E-state index contributed by atoms with van der Waals surface area (Å²) >= 11 is 0. The van der Waals surface area contributed by atoms with Gasteiger partial charge >= 0.3 is 6.03 Å². The van der Waals surface area contributed by atoms with E-state index in [1.54, 1.807) is 24.3 Å². The van der Waals surface area contributed by atoms with Crippen LogP contribution in [0, 0.1) is 5.92 Å². The average molecular weight is 285 g/mol. The second-order valence-corrected chi connectivity index (χ2v) is 4.30. The number of urea groups is 1. The summed E-state index contributed by atoms with van der Waals surface area (Å²) in [5.41, 5.74) is 6.13. The molecular formula is C12H17ClN4O2. The number of benzene rings is 1. The van der Waals surface area contributed by atoms with E-state index in [1.165, 1.54) is 0 Å². The summed E-state index contributed by atoms with van der Waals surface area (Å²) in [5.74, 6) is 0.428. The molecule has 0 atom stereocenters. The molecule has 1 aliphatic rings. The van der Waals surface area contributed by atoms with E-state index in [1.807, 2.05) is 0 Å². The van der Waals surface area contributed by atoms with Gasteiger partial charge in [-0.25, -0.2) is 4.79 Å². The van der Waals surface area contributed by atoms with Gasteiger partial charge in [0.2, 0.25) is 0 Å². The fourth-order valence-corrected chi connectivity index (χ4v) is 1.68. The Morgan fingerprint density at radius 1 is 1.26 bits per heavy atom. The van der Waals surface area contributed by atoms with E-state index in [2.05, 4.69) is 16.0 Å². The van der Waals surface area contributed by atoms with Crippen molar-refractivity contribution in [2.24, 2.45) is 11.7 Å². The molecule has 0 saturated carbocycles. The van der Waals surface area contributed by atoms with Gasteiger partial charge < -0.3 is 21.7 Å². The highest BCUT2D eigenvalue weighted by Gasteiger charge is 2.17. The molecule has 1 heterocycles. The Balaban J connectivity index is 0.00000180. The number of rotatable bonds is 4. The van der Waals surface area contributed by atoms with Gasteiger partial charge in [0.1, 0.15) is 0 Å². The van der Waals surface area contributed by atoms with Crippen molar-refractivity contribution in [1.29, 1.82) is 0 Å². The highest BCUT2D eigenvalue weighted by molar-refractivity contribution is 5.95. The van der Waals surface area contributed by atoms with Crippen LogP contribution in [0.25, 0.3) is 0 Å². The summed E-state index contributed by atoms with van der Waals surface area (Å²) in [6.45, 7) is 2.61. The van der Waals surface area contributed by atoms with Gasteiger partial charge in [-0.3, -0.25) is 4.79 Å². The van der Waals surface area contributed by atoms with E-state index in [0.717, 1.165) is 13.1 Å². The molecule has 1 aromatic carbocycles. The summed E-state index contributed by atoms with van der Waals surface area (Å²) in [7, 11) is 0. The molecule has 0 spiro atoms. The van der Waals surface area contributed by atoms with Crippen LogP contribution in [0.15, 0.2) is 24.3 Å². The van der Waals surface area contributed by atoms with Crippen molar-refractivity contribution in [2.45, 2.75) is 0 Å². The van der Waals surface area contributed by atoms with Crippen molar-refractivity contribution in [1.82, 2.24) is 10.6 Å². The van der Waals surface area contributed by atoms with E-state index in [0.29, 0.717) is 23.7 Å². The highest BCUT2D eigenvalue weighted by Crippen LogP contribution is 2.09. The zero-order valence-corrected chi connectivity index (χ0v) is 11.1. The molecule has 19 heavy (non-hydrogen) atoms. The lowest BCUT2D eigenvalue weighted by Gasteiger charge is -2.27. The first-order chi connectivity index (χ1) is 8.65. The number of hydrogen-bond donors (Lipinski definition) is 4. The van der Waals surface area contributed by atoms with Gasteiger partial charge in [0.25, 0.3) is 5.91 Å². The molecule has 1 fully saturated rings. The largest absolute Gasteiger partial charge is 0.352 e. The molecular weight excluding hydrogens is 268 g/mol. The Labute approximate surface area is 117 Å². The molecule has 0 unspecified atom stereocenters. The minimum absolute atomic E-state index is 0. The van der Waals surface area contributed by atoms with Crippen molar-refractivity contribution >= 4 is 30.0 Å². The van der Waals surface area contributed by atoms with Crippen LogP contribution < -0.4 is 21.7 Å². The lowest BCUT2D eigenvalue weighted by atomic mass is 10.0. The predicted octanol–water partition coefficient (Wildman–Crippen LogP) is 0.548. The van der Waals surface area contributed by atoms with Crippen LogP contribution in [0.2, 0.25) is 0 Å². The summed E-state index contributed by atoms with van der Waals surface area (Å²) < 4.78 is 0. The quantitative estimate of drug-likeness (QED) is 0.650. The van der Waals surface area contributed by atoms with Crippen molar-refractivity contribution < 1.29 is 9.59 Å². The van der Waals surface area contributed by atoms with Gasteiger partial charge in [-0.1, -0.05) is 0 Å². The zero-order chi connectivity index (χ0) is 13.0. The molecule has 2 rings (SSSR count). The standard InChI is InChI=1S/C12H16N4O2.ClH/c13-12(18)16-10-3-1-9(2-4-10)11(17)15-7-8-5-14-6-8;/h1-4,8,14H,5-7H2,(H,15,17)(H3,13,16,18);1H. The van der Waals surface area contributed by atoms with E-state index in [4.69, 9.17) is 5.73 Å². The molecule has 1 aromatic rings. The third-order valence-corrected chi connectivity index (χ3v) is 2.83. The van der Waals surface area contributed by atoms with Crippen LogP contribution in [0.4, 0.5) is 10.5 Å². The number of primary amides is 1. The number of nitrogens with two attached hydrogens (primary N) is 1. The first-order valence-electron chi connectivity index (χ1n) is 5.80. The highest BCUT2D eigenvalue weighted by atomic mass is 35.5. The van der Waals surface area contributed by atoms with E-state index in [9.17, 15) is 9.59 Å². The number of carbonyl (C=O) groups excluding carboxylic acids is 2. The Bertz CT molecular complexity index is 446. The van der Waals surface area contributed by atoms with E-state index < -0.39 is 6.03 Å². The van der Waals surface area contributed by atoms with Crippen LogP contribution in [0.5, 0.6) is 0 Å². The van der Waals surface area contributed by atoms with Gasteiger partial charge in [0.05, 0.1) is 0 Å². The maximum atomic E-state index is 11.8. The van der Waals surface area contributed by atoms with Crippen LogP contribution in [-0.2, 0) is 0 Å². The molecule has 3 amide bonds. The lowest BCUT2D eigenvalue weighted by molar-refractivity contribution is 0.0942. The van der Waals surface area contributed by atoms with Crippen molar-refractivity contribution in [3.05, 3.63) is 29.8 Å². The van der Waals surface area contributed by atoms with Gasteiger partial charge in [-0.15, -0.1) is 12.4 Å². The van der Waals surface area contributed by atoms with Gasteiger partial charge in [0, 0.05) is 36.8 Å².